The van der Waals surface area contributed by atoms with E-state index in [0.717, 1.165) is 35.4 Å². The van der Waals surface area contributed by atoms with Gasteiger partial charge < -0.3 is 9.64 Å². The third-order valence-corrected chi connectivity index (χ3v) is 5.12. The zero-order chi connectivity index (χ0) is 14.9. The number of hydrogen-bond donors (Lipinski definition) is 0. The van der Waals surface area contributed by atoms with E-state index in [0.29, 0.717) is 0 Å². The molecule has 22 heavy (non-hydrogen) atoms. The maximum atomic E-state index is 5.28. The zero-order valence-corrected chi connectivity index (χ0v) is 13.0. The highest BCUT2D eigenvalue weighted by Gasteiger charge is 2.34. The van der Waals surface area contributed by atoms with Gasteiger partial charge in [0.25, 0.3) is 0 Å². The summed E-state index contributed by atoms with van der Waals surface area (Å²) in [5.74, 6) is 2.45. The Morgan fingerprint density at radius 2 is 2.14 bits per heavy atom. The molecule has 3 aliphatic rings. The van der Waals surface area contributed by atoms with Crippen molar-refractivity contribution in [1.29, 1.82) is 0 Å². The minimum atomic E-state index is 0.724. The minimum absolute atomic E-state index is 0.724. The van der Waals surface area contributed by atoms with E-state index in [2.05, 4.69) is 21.4 Å². The van der Waals surface area contributed by atoms with Crippen molar-refractivity contribution in [2.75, 3.05) is 26.7 Å². The number of rotatable bonds is 4. The molecule has 1 atom stereocenters. The smallest absolute Gasteiger partial charge is 0.119 e. The molecular weight excluding hydrogens is 276 g/mol. The molecule has 0 spiro atoms. The fourth-order valence-corrected chi connectivity index (χ4v) is 3.84. The summed E-state index contributed by atoms with van der Waals surface area (Å²) in [5, 5.41) is 8.67. The first-order chi connectivity index (χ1) is 10.8. The average molecular weight is 298 g/mol. The van der Waals surface area contributed by atoms with Gasteiger partial charge in [-0.25, -0.2) is 0 Å². The molecule has 116 valence electrons. The Bertz CT molecular complexity index is 646. The van der Waals surface area contributed by atoms with E-state index in [1.165, 1.54) is 32.5 Å². The average Bonchev–Trinajstić information content (AvgIpc) is 3.04. The molecule has 5 heteroatoms. The van der Waals surface area contributed by atoms with Crippen LogP contribution in [0.1, 0.15) is 12.8 Å². The number of piperidine rings is 3. The van der Waals surface area contributed by atoms with Gasteiger partial charge in [0, 0.05) is 18.7 Å². The van der Waals surface area contributed by atoms with Gasteiger partial charge in [0.1, 0.15) is 11.4 Å². The lowest BCUT2D eigenvalue weighted by Gasteiger charge is -2.44. The van der Waals surface area contributed by atoms with Gasteiger partial charge in [0.15, 0.2) is 0 Å². The third kappa shape index (κ3) is 2.61. The molecule has 0 amide bonds. The van der Waals surface area contributed by atoms with Crippen LogP contribution in [-0.4, -0.2) is 46.6 Å². The van der Waals surface area contributed by atoms with Crippen LogP contribution < -0.4 is 4.74 Å². The Labute approximate surface area is 130 Å². The molecule has 5 nitrogen and oxygen atoms in total. The number of hydrogen-bond acceptors (Lipinski definition) is 4. The van der Waals surface area contributed by atoms with Crippen molar-refractivity contribution in [2.24, 2.45) is 11.8 Å². The molecular formula is C17H22N4O. The van der Waals surface area contributed by atoms with Crippen molar-refractivity contribution in [2.45, 2.75) is 19.4 Å². The molecule has 0 radical (unpaired) electrons. The number of aromatic nitrogens is 3. The second kappa shape index (κ2) is 5.72. The predicted molar refractivity (Wildman–Crippen MR) is 84.7 cm³/mol. The Kier molecular flexibility index (Phi) is 3.58. The van der Waals surface area contributed by atoms with E-state index in [1.54, 1.807) is 7.11 Å². The summed E-state index contributed by atoms with van der Waals surface area (Å²) in [6.45, 7) is 4.78. The van der Waals surface area contributed by atoms with Crippen molar-refractivity contribution in [1.82, 2.24) is 19.9 Å². The molecule has 2 aromatic rings. The molecule has 0 N–H and O–H groups in total. The molecule has 1 unspecified atom stereocenters. The fraction of sp³-hybridized carbons (Fsp3) is 0.529. The lowest BCUT2D eigenvalue weighted by molar-refractivity contribution is 0.0402. The van der Waals surface area contributed by atoms with Crippen LogP contribution in [0.5, 0.6) is 5.75 Å². The highest BCUT2D eigenvalue weighted by molar-refractivity contribution is 5.59. The summed E-state index contributed by atoms with van der Waals surface area (Å²) in [6.07, 6.45) is 4.76. The van der Waals surface area contributed by atoms with Crippen LogP contribution in [0.25, 0.3) is 11.3 Å². The van der Waals surface area contributed by atoms with Crippen LogP contribution in [0.4, 0.5) is 0 Å². The highest BCUT2D eigenvalue weighted by atomic mass is 16.5. The maximum absolute atomic E-state index is 5.28. The quantitative estimate of drug-likeness (QED) is 0.868. The maximum Gasteiger partial charge on any atom is 0.119 e. The van der Waals surface area contributed by atoms with Crippen LogP contribution in [0, 0.1) is 11.8 Å². The number of ether oxygens (including phenoxy) is 1. The Morgan fingerprint density at radius 3 is 2.86 bits per heavy atom. The Hall–Kier alpha value is -1.88. The molecule has 3 fully saturated rings. The topological polar surface area (TPSA) is 43.2 Å². The van der Waals surface area contributed by atoms with Crippen molar-refractivity contribution >= 4 is 0 Å². The third-order valence-electron chi connectivity index (χ3n) is 5.12. The van der Waals surface area contributed by atoms with Crippen molar-refractivity contribution in [3.63, 3.8) is 0 Å². The molecule has 0 saturated carbocycles. The molecule has 3 aliphatic heterocycles. The summed E-state index contributed by atoms with van der Waals surface area (Å²) in [5.41, 5.74) is 1.97. The lowest BCUT2D eigenvalue weighted by atomic mass is 9.79. The molecule has 1 aromatic heterocycles. The number of benzene rings is 1. The largest absolute Gasteiger partial charge is 0.497 e. The van der Waals surface area contributed by atoms with E-state index in [-0.39, 0.29) is 0 Å². The number of methoxy groups -OCH3 is 1. The summed E-state index contributed by atoms with van der Waals surface area (Å²) in [7, 11) is 1.68. The molecule has 4 heterocycles. The molecule has 3 saturated heterocycles. The molecule has 2 bridgehead atoms. The summed E-state index contributed by atoms with van der Waals surface area (Å²) in [6, 6.07) is 7.98. The Balaban J connectivity index is 1.49. The number of fused-ring (bicyclic) bond motifs is 3. The first kappa shape index (κ1) is 13.8. The van der Waals surface area contributed by atoms with Gasteiger partial charge in [-0.15, -0.1) is 5.10 Å². The minimum Gasteiger partial charge on any atom is -0.497 e. The highest BCUT2D eigenvalue weighted by Crippen LogP contribution is 2.33. The summed E-state index contributed by atoms with van der Waals surface area (Å²) in [4.78, 5) is 2.59. The van der Waals surface area contributed by atoms with Gasteiger partial charge in [-0.05, 0) is 49.9 Å². The van der Waals surface area contributed by atoms with Gasteiger partial charge in [-0.1, -0.05) is 17.3 Å². The monoisotopic (exact) mass is 298 g/mol. The van der Waals surface area contributed by atoms with E-state index in [4.69, 9.17) is 4.74 Å². The fourth-order valence-electron chi connectivity index (χ4n) is 3.84. The summed E-state index contributed by atoms with van der Waals surface area (Å²) >= 11 is 0. The normalized spacial score (nSPS) is 27.0. The van der Waals surface area contributed by atoms with E-state index >= 15 is 0 Å². The first-order valence-corrected chi connectivity index (χ1v) is 8.09. The van der Waals surface area contributed by atoms with E-state index in [1.807, 2.05) is 28.9 Å². The van der Waals surface area contributed by atoms with Gasteiger partial charge in [-0.3, -0.25) is 4.68 Å². The van der Waals surface area contributed by atoms with Crippen molar-refractivity contribution < 1.29 is 4.74 Å². The van der Waals surface area contributed by atoms with Crippen LogP contribution in [0.3, 0.4) is 0 Å². The van der Waals surface area contributed by atoms with Crippen LogP contribution in [0.15, 0.2) is 30.5 Å². The Morgan fingerprint density at radius 1 is 1.27 bits per heavy atom. The van der Waals surface area contributed by atoms with Crippen molar-refractivity contribution in [3.05, 3.63) is 30.5 Å². The predicted octanol–water partition coefficient (Wildman–Crippen LogP) is 2.30. The van der Waals surface area contributed by atoms with Crippen LogP contribution in [0.2, 0.25) is 0 Å². The van der Waals surface area contributed by atoms with Gasteiger partial charge in [0.05, 0.1) is 13.3 Å². The van der Waals surface area contributed by atoms with Gasteiger partial charge >= 0.3 is 0 Å². The molecule has 5 rings (SSSR count). The molecule has 1 aromatic carbocycles. The van der Waals surface area contributed by atoms with Crippen molar-refractivity contribution in [3.8, 4) is 17.0 Å². The zero-order valence-electron chi connectivity index (χ0n) is 13.0. The van der Waals surface area contributed by atoms with Gasteiger partial charge in [0.2, 0.25) is 0 Å². The lowest BCUT2D eigenvalue weighted by Crippen LogP contribution is -2.48. The van der Waals surface area contributed by atoms with Crippen LogP contribution in [-0.2, 0) is 6.54 Å². The van der Waals surface area contributed by atoms with Gasteiger partial charge in [-0.2, -0.15) is 0 Å². The SMILES string of the molecule is COc1cccc(-c2cn(CC3CN4CCC3CC4)nn2)c1. The van der Waals surface area contributed by atoms with Crippen LogP contribution >= 0.6 is 0 Å². The standard InChI is InChI=1S/C17H22N4O/c1-22-16-4-2-3-14(9-16)17-12-21(19-18-17)11-15-10-20-7-5-13(15)6-8-20/h2-4,9,12-13,15H,5-8,10-11H2,1H3. The second-order valence-electron chi connectivity index (χ2n) is 6.46. The van der Waals surface area contributed by atoms with E-state index < -0.39 is 0 Å². The number of nitrogens with zero attached hydrogens (tertiary/aromatic N) is 4. The summed E-state index contributed by atoms with van der Waals surface area (Å²) < 4.78 is 7.29. The first-order valence-electron chi connectivity index (χ1n) is 8.09. The molecule has 0 aliphatic carbocycles. The second-order valence-corrected chi connectivity index (χ2v) is 6.46. The van der Waals surface area contributed by atoms with E-state index in [9.17, 15) is 0 Å².